The van der Waals surface area contributed by atoms with Gasteiger partial charge in [-0.05, 0) is 19.4 Å². The molecule has 1 aromatic rings. The fourth-order valence-electron chi connectivity index (χ4n) is 1.39. The third-order valence-electron chi connectivity index (χ3n) is 2.24. The van der Waals surface area contributed by atoms with Crippen LogP contribution in [-0.2, 0) is 6.42 Å². The van der Waals surface area contributed by atoms with E-state index in [4.69, 9.17) is 0 Å². The number of H-pyrrole nitrogens is 1. The molecule has 1 rings (SSSR count). The van der Waals surface area contributed by atoms with Crippen molar-refractivity contribution in [3.05, 3.63) is 11.6 Å². The fraction of sp³-hybridized carbons (Fsp3) is 0.727. The molecule has 0 aliphatic heterocycles. The minimum atomic E-state index is -0.220. The van der Waals surface area contributed by atoms with Gasteiger partial charge < -0.3 is 10.6 Å². The predicted molar refractivity (Wildman–Crippen MR) is 65.9 cm³/mol. The molecule has 1 amide bonds. The van der Waals surface area contributed by atoms with Crippen molar-refractivity contribution in [3.8, 4) is 0 Å². The molecule has 0 spiro atoms. The second-order valence-electron chi connectivity index (χ2n) is 3.86. The topological polar surface area (TPSA) is 82.7 Å². The number of aromatic nitrogens is 3. The van der Waals surface area contributed by atoms with Crippen LogP contribution in [0.1, 0.15) is 43.1 Å². The molecule has 0 aromatic carbocycles. The number of nitrogens with one attached hydrogen (secondary N) is 3. The highest BCUT2D eigenvalue weighted by atomic mass is 16.2. The summed E-state index contributed by atoms with van der Waals surface area (Å²) in [5.74, 6) is 0.771. The largest absolute Gasteiger partial charge is 0.348 e. The average molecular weight is 239 g/mol. The SMILES string of the molecule is CCCNCCNC(=O)c1n[nH]c(CCC)n1. The lowest BCUT2D eigenvalue weighted by atomic mass is 10.3. The van der Waals surface area contributed by atoms with E-state index in [-0.39, 0.29) is 11.7 Å². The standard InChI is InChI=1S/C11H21N5O/c1-3-5-9-14-10(16-15-9)11(17)13-8-7-12-6-4-2/h12H,3-8H2,1-2H3,(H,13,17)(H,14,15,16). The summed E-state index contributed by atoms with van der Waals surface area (Å²) >= 11 is 0. The third-order valence-corrected chi connectivity index (χ3v) is 2.24. The maximum absolute atomic E-state index is 11.6. The van der Waals surface area contributed by atoms with E-state index in [9.17, 15) is 4.79 Å². The number of aromatic amines is 1. The number of hydrogen-bond donors (Lipinski definition) is 3. The molecule has 6 heteroatoms. The van der Waals surface area contributed by atoms with E-state index in [0.717, 1.165) is 38.2 Å². The van der Waals surface area contributed by atoms with Crippen LogP contribution in [0.2, 0.25) is 0 Å². The molecule has 1 aromatic heterocycles. The van der Waals surface area contributed by atoms with Gasteiger partial charge in [0.25, 0.3) is 5.91 Å². The molecule has 0 aliphatic carbocycles. The Labute approximate surface area is 102 Å². The highest BCUT2D eigenvalue weighted by Crippen LogP contribution is 1.96. The number of carbonyl (C=O) groups is 1. The maximum atomic E-state index is 11.6. The summed E-state index contributed by atoms with van der Waals surface area (Å²) in [6.45, 7) is 6.50. The lowest BCUT2D eigenvalue weighted by molar-refractivity contribution is 0.0944. The molecule has 3 N–H and O–H groups in total. The summed E-state index contributed by atoms with van der Waals surface area (Å²) in [6, 6.07) is 0. The van der Waals surface area contributed by atoms with E-state index in [1.807, 2.05) is 0 Å². The quantitative estimate of drug-likeness (QED) is 0.576. The number of aryl methyl sites for hydroxylation is 1. The molecular weight excluding hydrogens is 218 g/mol. The van der Waals surface area contributed by atoms with Gasteiger partial charge in [-0.2, -0.15) is 0 Å². The van der Waals surface area contributed by atoms with Crippen molar-refractivity contribution < 1.29 is 4.79 Å². The van der Waals surface area contributed by atoms with Crippen molar-refractivity contribution in [3.63, 3.8) is 0 Å². The van der Waals surface area contributed by atoms with E-state index in [2.05, 4.69) is 39.7 Å². The molecule has 0 radical (unpaired) electrons. The van der Waals surface area contributed by atoms with E-state index in [0.29, 0.717) is 6.54 Å². The summed E-state index contributed by atoms with van der Waals surface area (Å²) in [4.78, 5) is 15.7. The van der Waals surface area contributed by atoms with Crippen LogP contribution in [0.4, 0.5) is 0 Å². The van der Waals surface area contributed by atoms with Gasteiger partial charge in [0, 0.05) is 19.5 Å². The van der Waals surface area contributed by atoms with Crippen LogP contribution in [0.3, 0.4) is 0 Å². The Balaban J connectivity index is 2.26. The zero-order valence-electron chi connectivity index (χ0n) is 10.5. The van der Waals surface area contributed by atoms with Crippen molar-refractivity contribution in [2.45, 2.75) is 33.1 Å². The zero-order valence-corrected chi connectivity index (χ0v) is 10.5. The first-order valence-electron chi connectivity index (χ1n) is 6.18. The van der Waals surface area contributed by atoms with Crippen molar-refractivity contribution in [1.82, 2.24) is 25.8 Å². The van der Waals surface area contributed by atoms with Gasteiger partial charge in [-0.3, -0.25) is 9.89 Å². The Morgan fingerprint density at radius 2 is 2.06 bits per heavy atom. The van der Waals surface area contributed by atoms with Crippen LogP contribution in [0, 0.1) is 0 Å². The normalized spacial score (nSPS) is 10.5. The number of amides is 1. The Morgan fingerprint density at radius 1 is 1.24 bits per heavy atom. The highest BCUT2D eigenvalue weighted by molar-refractivity contribution is 5.90. The molecule has 0 atom stereocenters. The Hall–Kier alpha value is -1.43. The third kappa shape index (κ3) is 4.95. The summed E-state index contributed by atoms with van der Waals surface area (Å²) in [6.07, 6.45) is 2.89. The van der Waals surface area contributed by atoms with Crippen LogP contribution in [0.25, 0.3) is 0 Å². The van der Waals surface area contributed by atoms with Gasteiger partial charge in [-0.15, -0.1) is 5.10 Å². The Kier molecular flexibility index (Phi) is 6.24. The molecule has 0 saturated carbocycles. The first-order valence-corrected chi connectivity index (χ1v) is 6.18. The molecule has 96 valence electrons. The lowest BCUT2D eigenvalue weighted by Gasteiger charge is -2.03. The highest BCUT2D eigenvalue weighted by Gasteiger charge is 2.10. The smallest absolute Gasteiger partial charge is 0.291 e. The second-order valence-corrected chi connectivity index (χ2v) is 3.86. The maximum Gasteiger partial charge on any atom is 0.291 e. The fourth-order valence-corrected chi connectivity index (χ4v) is 1.39. The summed E-state index contributed by atoms with van der Waals surface area (Å²) in [5.41, 5.74) is 0. The van der Waals surface area contributed by atoms with Crippen molar-refractivity contribution >= 4 is 5.91 Å². The van der Waals surface area contributed by atoms with E-state index in [1.54, 1.807) is 0 Å². The van der Waals surface area contributed by atoms with Crippen LogP contribution >= 0.6 is 0 Å². The van der Waals surface area contributed by atoms with E-state index < -0.39 is 0 Å². The first-order chi connectivity index (χ1) is 8.27. The Morgan fingerprint density at radius 3 is 2.76 bits per heavy atom. The number of hydrogen-bond acceptors (Lipinski definition) is 4. The Bertz CT molecular complexity index is 336. The molecule has 17 heavy (non-hydrogen) atoms. The molecular formula is C11H21N5O. The van der Waals surface area contributed by atoms with Gasteiger partial charge in [0.1, 0.15) is 5.82 Å². The zero-order chi connectivity index (χ0) is 12.5. The van der Waals surface area contributed by atoms with Crippen LogP contribution < -0.4 is 10.6 Å². The van der Waals surface area contributed by atoms with Gasteiger partial charge >= 0.3 is 0 Å². The minimum absolute atomic E-state index is 0.220. The van der Waals surface area contributed by atoms with Gasteiger partial charge in [0.2, 0.25) is 5.82 Å². The summed E-state index contributed by atoms with van der Waals surface area (Å²) in [7, 11) is 0. The van der Waals surface area contributed by atoms with Crippen molar-refractivity contribution in [1.29, 1.82) is 0 Å². The van der Waals surface area contributed by atoms with Crippen molar-refractivity contribution in [2.24, 2.45) is 0 Å². The molecule has 0 aliphatic rings. The minimum Gasteiger partial charge on any atom is -0.348 e. The molecule has 1 heterocycles. The lowest BCUT2D eigenvalue weighted by Crippen LogP contribution is -2.32. The van der Waals surface area contributed by atoms with Crippen LogP contribution in [-0.4, -0.2) is 40.7 Å². The van der Waals surface area contributed by atoms with Gasteiger partial charge in [-0.25, -0.2) is 4.98 Å². The average Bonchev–Trinajstić information content (AvgIpc) is 2.78. The van der Waals surface area contributed by atoms with Gasteiger partial charge in [0.05, 0.1) is 0 Å². The van der Waals surface area contributed by atoms with E-state index >= 15 is 0 Å². The molecule has 0 saturated heterocycles. The number of carbonyl (C=O) groups excluding carboxylic acids is 1. The predicted octanol–water partition coefficient (Wildman–Crippen LogP) is 0.487. The number of nitrogens with zero attached hydrogens (tertiary/aromatic N) is 2. The molecule has 6 nitrogen and oxygen atoms in total. The van der Waals surface area contributed by atoms with Gasteiger partial charge in [0.15, 0.2) is 0 Å². The molecule has 0 fully saturated rings. The van der Waals surface area contributed by atoms with E-state index in [1.165, 1.54) is 0 Å². The summed E-state index contributed by atoms with van der Waals surface area (Å²) < 4.78 is 0. The first kappa shape index (κ1) is 13.6. The molecule has 0 bridgehead atoms. The number of rotatable bonds is 8. The van der Waals surface area contributed by atoms with Crippen LogP contribution in [0.15, 0.2) is 0 Å². The second kappa shape index (κ2) is 7.78. The van der Waals surface area contributed by atoms with Crippen LogP contribution in [0.5, 0.6) is 0 Å². The summed E-state index contributed by atoms with van der Waals surface area (Å²) in [5, 5.41) is 12.6. The monoisotopic (exact) mass is 239 g/mol. The van der Waals surface area contributed by atoms with Gasteiger partial charge in [-0.1, -0.05) is 13.8 Å². The molecule has 0 unspecified atom stereocenters. The van der Waals surface area contributed by atoms with Crippen molar-refractivity contribution in [2.75, 3.05) is 19.6 Å².